The minimum absolute atomic E-state index is 0.0780. The van der Waals surface area contributed by atoms with E-state index >= 15 is 0 Å². The number of nitrogens with zero attached hydrogens (tertiary/aromatic N) is 4. The molecule has 1 aromatic heterocycles. The van der Waals surface area contributed by atoms with E-state index in [0.717, 1.165) is 0 Å². The van der Waals surface area contributed by atoms with Crippen molar-refractivity contribution in [2.24, 2.45) is 4.36 Å². The van der Waals surface area contributed by atoms with Crippen LogP contribution in [0.4, 0.5) is 10.6 Å². The first-order chi connectivity index (χ1) is 6.18. The van der Waals surface area contributed by atoms with Crippen LogP contribution in [0.2, 0.25) is 0 Å². The Morgan fingerprint density at radius 2 is 2.31 bits per heavy atom. The van der Waals surface area contributed by atoms with E-state index in [9.17, 15) is 13.2 Å². The van der Waals surface area contributed by atoms with Crippen LogP contribution in [0, 0.1) is 0 Å². The van der Waals surface area contributed by atoms with E-state index in [-0.39, 0.29) is 5.82 Å². The topological polar surface area (TPSA) is 114 Å². The van der Waals surface area contributed by atoms with Crippen molar-refractivity contribution >= 4 is 22.3 Å². The zero-order chi connectivity index (χ0) is 9.68. The van der Waals surface area contributed by atoms with E-state index in [2.05, 4.69) is 25.1 Å². The highest BCUT2D eigenvalue weighted by molar-refractivity contribution is 7.62. The van der Waals surface area contributed by atoms with Gasteiger partial charge < -0.3 is 0 Å². The van der Waals surface area contributed by atoms with Crippen LogP contribution >= 0.6 is 0 Å². The van der Waals surface area contributed by atoms with E-state index in [1.54, 1.807) is 0 Å². The van der Waals surface area contributed by atoms with Gasteiger partial charge >= 0.3 is 16.5 Å². The van der Waals surface area contributed by atoms with Crippen LogP contribution in [0.3, 0.4) is 0 Å². The van der Waals surface area contributed by atoms with Crippen LogP contribution in [0.5, 0.6) is 0 Å². The van der Waals surface area contributed by atoms with Gasteiger partial charge in [-0.25, -0.2) is 4.79 Å². The molecule has 0 saturated heterocycles. The molecule has 0 fully saturated rings. The first-order valence-electron chi connectivity index (χ1n) is 2.95. The van der Waals surface area contributed by atoms with Gasteiger partial charge in [-0.2, -0.15) is 8.42 Å². The lowest BCUT2D eigenvalue weighted by Crippen LogP contribution is -2.08. The maximum absolute atomic E-state index is 10.7. The Hall–Kier alpha value is -1.90. The SMILES string of the molecule is O=C(N=S(=O)=O)Nc1ccnnn1. The summed E-state index contributed by atoms with van der Waals surface area (Å²) in [6.07, 6.45) is 1.29. The number of carbonyl (C=O) groups excluding carboxylic acids is 1. The minimum Gasteiger partial charge on any atom is -0.288 e. The van der Waals surface area contributed by atoms with Crippen molar-refractivity contribution in [1.29, 1.82) is 0 Å². The third kappa shape index (κ3) is 3.33. The Morgan fingerprint density at radius 1 is 1.54 bits per heavy atom. The van der Waals surface area contributed by atoms with E-state index in [0.29, 0.717) is 0 Å². The summed E-state index contributed by atoms with van der Waals surface area (Å²) >= 11 is 0. The van der Waals surface area contributed by atoms with Crippen LogP contribution in [-0.4, -0.2) is 29.9 Å². The summed E-state index contributed by atoms with van der Waals surface area (Å²) in [5, 5.41) is 12.0. The van der Waals surface area contributed by atoms with Crippen LogP contribution in [-0.2, 0) is 10.5 Å². The molecule has 1 N–H and O–H groups in total. The van der Waals surface area contributed by atoms with E-state index in [1.165, 1.54) is 12.3 Å². The van der Waals surface area contributed by atoms with Crippen LogP contribution in [0.15, 0.2) is 16.6 Å². The smallest absolute Gasteiger partial charge is 0.288 e. The Bertz CT molecular complexity index is 418. The predicted molar refractivity (Wildman–Crippen MR) is 40.2 cm³/mol. The number of hydrogen-bond acceptors (Lipinski definition) is 6. The highest BCUT2D eigenvalue weighted by Crippen LogP contribution is 1.96. The molecule has 1 heterocycles. The lowest BCUT2D eigenvalue weighted by molar-refractivity contribution is 0.260. The Balaban J connectivity index is 2.72. The molecule has 8 nitrogen and oxygen atoms in total. The molecular weight excluding hydrogens is 198 g/mol. The molecule has 0 atom stereocenters. The molecule has 1 rings (SSSR count). The molecule has 2 amide bonds. The Labute approximate surface area is 73.7 Å². The van der Waals surface area contributed by atoms with Gasteiger partial charge in [-0.15, -0.1) is 10.2 Å². The zero-order valence-electron chi connectivity index (χ0n) is 6.08. The quantitative estimate of drug-likeness (QED) is 0.652. The van der Waals surface area contributed by atoms with Gasteiger partial charge in [0.05, 0.1) is 6.20 Å². The number of nitrogens with one attached hydrogen (secondary N) is 1. The van der Waals surface area contributed by atoms with Crippen LogP contribution in [0.1, 0.15) is 0 Å². The fourth-order valence-corrected chi connectivity index (χ4v) is 0.689. The van der Waals surface area contributed by atoms with Gasteiger partial charge in [0, 0.05) is 6.07 Å². The summed E-state index contributed by atoms with van der Waals surface area (Å²) in [7, 11) is -2.77. The third-order valence-corrected chi connectivity index (χ3v) is 1.21. The lowest BCUT2D eigenvalue weighted by atomic mass is 10.6. The third-order valence-electron chi connectivity index (χ3n) is 0.896. The van der Waals surface area contributed by atoms with E-state index in [4.69, 9.17) is 0 Å². The second kappa shape index (κ2) is 4.21. The normalized spacial score (nSPS) is 8.92. The fourth-order valence-electron chi connectivity index (χ4n) is 0.508. The summed E-state index contributed by atoms with van der Waals surface area (Å²) in [5.74, 6) is 0.0780. The summed E-state index contributed by atoms with van der Waals surface area (Å²) < 4.78 is 22.5. The summed E-state index contributed by atoms with van der Waals surface area (Å²) in [6.45, 7) is 0. The average Bonchev–Trinajstić information content (AvgIpc) is 2.04. The number of rotatable bonds is 1. The minimum atomic E-state index is -2.77. The van der Waals surface area contributed by atoms with Gasteiger partial charge in [0.2, 0.25) is 0 Å². The number of amides is 2. The van der Waals surface area contributed by atoms with E-state index in [1.807, 2.05) is 0 Å². The summed E-state index contributed by atoms with van der Waals surface area (Å²) in [4.78, 5) is 10.7. The Morgan fingerprint density at radius 3 is 2.85 bits per heavy atom. The molecule has 0 aliphatic carbocycles. The van der Waals surface area contributed by atoms with Gasteiger partial charge in [-0.05, 0) is 5.21 Å². The molecule has 0 radical (unpaired) electrons. The lowest BCUT2D eigenvalue weighted by Gasteiger charge is -1.94. The maximum atomic E-state index is 10.7. The molecule has 13 heavy (non-hydrogen) atoms. The number of hydrogen-bond donors (Lipinski definition) is 1. The van der Waals surface area contributed by atoms with Crippen molar-refractivity contribution in [3.05, 3.63) is 12.3 Å². The molecular formula is C4H3N5O3S. The number of aromatic nitrogens is 3. The summed E-state index contributed by atoms with van der Waals surface area (Å²) in [5.41, 5.74) is 0. The van der Waals surface area contributed by atoms with Gasteiger partial charge in [0.25, 0.3) is 0 Å². The molecule has 0 aromatic carbocycles. The average molecular weight is 201 g/mol. The first-order valence-corrected chi connectivity index (χ1v) is 3.98. The Kier molecular flexibility index (Phi) is 2.97. The second-order valence-electron chi connectivity index (χ2n) is 1.74. The maximum Gasteiger partial charge on any atom is 0.361 e. The molecule has 0 aliphatic rings. The number of urea groups is 1. The molecule has 0 spiro atoms. The van der Waals surface area contributed by atoms with Crippen molar-refractivity contribution in [3.63, 3.8) is 0 Å². The molecule has 0 unspecified atom stereocenters. The highest BCUT2D eigenvalue weighted by atomic mass is 32.2. The molecule has 1 aromatic rings. The predicted octanol–water partition coefficient (Wildman–Crippen LogP) is -0.534. The van der Waals surface area contributed by atoms with Crippen LogP contribution in [0.25, 0.3) is 0 Å². The van der Waals surface area contributed by atoms with Crippen molar-refractivity contribution in [3.8, 4) is 0 Å². The van der Waals surface area contributed by atoms with Gasteiger partial charge in [0.15, 0.2) is 5.82 Å². The molecule has 9 heteroatoms. The summed E-state index contributed by atoms with van der Waals surface area (Å²) in [6, 6.07) is 0.308. The van der Waals surface area contributed by atoms with Gasteiger partial charge in [-0.3, -0.25) is 5.32 Å². The van der Waals surface area contributed by atoms with Crippen molar-refractivity contribution in [2.75, 3.05) is 5.32 Å². The number of carbonyl (C=O) groups is 1. The van der Waals surface area contributed by atoms with Crippen molar-refractivity contribution in [2.45, 2.75) is 0 Å². The van der Waals surface area contributed by atoms with E-state index < -0.39 is 16.5 Å². The van der Waals surface area contributed by atoms with Gasteiger partial charge in [-0.1, -0.05) is 4.36 Å². The first kappa shape index (κ1) is 9.19. The molecule has 0 aliphatic heterocycles. The van der Waals surface area contributed by atoms with Crippen molar-refractivity contribution in [1.82, 2.24) is 15.4 Å². The molecule has 68 valence electrons. The second-order valence-corrected chi connectivity index (χ2v) is 2.36. The fraction of sp³-hybridized carbons (Fsp3) is 0. The standard InChI is InChI=1S/C4H3N5O3S/c10-4(8-13(11)12)6-3-1-2-5-9-7-3/h1-2H,(H,5,6,7,10). The van der Waals surface area contributed by atoms with Crippen molar-refractivity contribution < 1.29 is 13.2 Å². The number of anilines is 1. The molecule has 0 bridgehead atoms. The monoisotopic (exact) mass is 201 g/mol. The molecule has 0 saturated carbocycles. The van der Waals surface area contributed by atoms with Crippen LogP contribution < -0.4 is 5.32 Å². The largest absolute Gasteiger partial charge is 0.361 e. The highest BCUT2D eigenvalue weighted by Gasteiger charge is 2.00. The van der Waals surface area contributed by atoms with Gasteiger partial charge in [0.1, 0.15) is 0 Å². The zero-order valence-corrected chi connectivity index (χ0v) is 6.89.